The molecule has 1 aliphatic heterocycles. The van der Waals surface area contributed by atoms with Gasteiger partial charge in [-0.25, -0.2) is 0 Å². The van der Waals surface area contributed by atoms with Crippen LogP contribution in [0.1, 0.15) is 23.1 Å². The molecule has 0 aliphatic carbocycles. The summed E-state index contributed by atoms with van der Waals surface area (Å²) < 4.78 is 1.75. The fourth-order valence-corrected chi connectivity index (χ4v) is 3.00. The van der Waals surface area contributed by atoms with E-state index in [-0.39, 0.29) is 5.91 Å². The summed E-state index contributed by atoms with van der Waals surface area (Å²) in [6.45, 7) is 1.97. The zero-order valence-corrected chi connectivity index (χ0v) is 12.6. The van der Waals surface area contributed by atoms with Crippen molar-refractivity contribution in [2.45, 2.75) is 18.9 Å². The van der Waals surface area contributed by atoms with Crippen LogP contribution in [0, 0.1) is 24.2 Å². The number of pyridine rings is 1. The molecule has 2 heterocycles. The molecule has 1 N–H and O–H groups in total. The first-order valence-corrected chi connectivity index (χ1v) is 7.38. The largest absolute Gasteiger partial charge is 0.296 e. The number of carbonyl (C=O) groups excluding carboxylic acids is 2. The molecule has 0 spiro atoms. The van der Waals surface area contributed by atoms with Crippen LogP contribution in [-0.4, -0.2) is 11.8 Å². The van der Waals surface area contributed by atoms with Crippen LogP contribution in [0.15, 0.2) is 54.9 Å². The molecule has 5 nitrogen and oxygen atoms in total. The number of piperidine rings is 1. The van der Waals surface area contributed by atoms with E-state index in [1.807, 2.05) is 49.4 Å². The van der Waals surface area contributed by atoms with E-state index < -0.39 is 23.8 Å². The minimum absolute atomic E-state index is 0.386. The molecular weight excluding hydrogens is 290 g/mol. The summed E-state index contributed by atoms with van der Waals surface area (Å²) in [6, 6.07) is 14.5. The molecule has 0 saturated carbocycles. The van der Waals surface area contributed by atoms with Gasteiger partial charge in [0.2, 0.25) is 11.9 Å². The number of hydrogen-bond acceptors (Lipinski definition) is 3. The van der Waals surface area contributed by atoms with Gasteiger partial charge >= 0.3 is 0 Å². The number of aryl methyl sites for hydroxylation is 1. The quantitative estimate of drug-likeness (QED) is 0.673. The zero-order valence-electron chi connectivity index (χ0n) is 12.6. The van der Waals surface area contributed by atoms with Crippen molar-refractivity contribution in [3.8, 4) is 6.07 Å². The second kappa shape index (κ2) is 6.01. The summed E-state index contributed by atoms with van der Waals surface area (Å²) >= 11 is 0. The summed E-state index contributed by atoms with van der Waals surface area (Å²) in [6.07, 6.45) is 3.55. The molecule has 1 aromatic heterocycles. The van der Waals surface area contributed by atoms with Crippen molar-refractivity contribution in [1.29, 1.82) is 5.26 Å². The van der Waals surface area contributed by atoms with Crippen LogP contribution in [0.3, 0.4) is 0 Å². The second-order valence-corrected chi connectivity index (χ2v) is 5.66. The van der Waals surface area contributed by atoms with Gasteiger partial charge in [-0.05, 0) is 12.5 Å². The number of aromatic nitrogens is 1. The van der Waals surface area contributed by atoms with Gasteiger partial charge in [-0.3, -0.25) is 14.9 Å². The molecule has 1 aromatic carbocycles. The molecule has 0 radical (unpaired) electrons. The van der Waals surface area contributed by atoms with Crippen LogP contribution in [0.5, 0.6) is 0 Å². The molecule has 2 amide bonds. The van der Waals surface area contributed by atoms with Crippen LogP contribution >= 0.6 is 0 Å². The molecule has 0 bridgehead atoms. The first-order chi connectivity index (χ1) is 11.1. The Hall–Kier alpha value is -3.00. The predicted octanol–water partition coefficient (Wildman–Crippen LogP) is 1.40. The molecule has 23 heavy (non-hydrogen) atoms. The van der Waals surface area contributed by atoms with Crippen molar-refractivity contribution in [3.05, 3.63) is 66.0 Å². The molecule has 114 valence electrons. The van der Waals surface area contributed by atoms with E-state index >= 15 is 0 Å². The highest BCUT2D eigenvalue weighted by molar-refractivity contribution is 6.02. The molecule has 1 saturated heterocycles. The van der Waals surface area contributed by atoms with Crippen molar-refractivity contribution in [1.82, 2.24) is 5.32 Å². The standard InChI is InChI=1S/C18H15N3O2/c1-12-5-7-13(8-6-12)15-14(11-19)17(22)20-18(23)16(15)21-9-3-2-4-10-21/h2-10,14-16H,1H3/p+1/t14-,15-,16-/m1/s1. The smallest absolute Gasteiger partial charge is 0.289 e. The van der Waals surface area contributed by atoms with Crippen molar-refractivity contribution in [2.75, 3.05) is 0 Å². The third kappa shape index (κ3) is 2.71. The first kappa shape index (κ1) is 14.9. The highest BCUT2D eigenvalue weighted by Crippen LogP contribution is 2.36. The SMILES string of the molecule is Cc1ccc([C@@H]2[C@@H](C#N)C(=O)NC(=O)[C@@H]2[n+]2ccccc2)cc1. The van der Waals surface area contributed by atoms with Gasteiger partial charge in [-0.2, -0.15) is 9.83 Å². The fraction of sp³-hybridized carbons (Fsp3) is 0.222. The first-order valence-electron chi connectivity index (χ1n) is 7.38. The predicted molar refractivity (Wildman–Crippen MR) is 81.8 cm³/mol. The van der Waals surface area contributed by atoms with Gasteiger partial charge in [0.25, 0.3) is 5.91 Å². The van der Waals surface area contributed by atoms with Gasteiger partial charge in [-0.15, -0.1) is 0 Å². The van der Waals surface area contributed by atoms with Gasteiger partial charge in [0, 0.05) is 12.1 Å². The van der Waals surface area contributed by atoms with E-state index in [1.165, 1.54) is 0 Å². The third-order valence-electron chi connectivity index (χ3n) is 4.16. The number of carbonyl (C=O) groups is 2. The maximum absolute atomic E-state index is 12.5. The lowest BCUT2D eigenvalue weighted by atomic mass is 9.77. The Morgan fingerprint density at radius 2 is 1.70 bits per heavy atom. The van der Waals surface area contributed by atoms with Crippen LogP contribution < -0.4 is 9.88 Å². The molecular formula is C18H16N3O2+. The lowest BCUT2D eigenvalue weighted by molar-refractivity contribution is -0.713. The Balaban J connectivity index is 2.13. The Labute approximate surface area is 134 Å². The third-order valence-corrected chi connectivity index (χ3v) is 4.16. The zero-order chi connectivity index (χ0) is 16.4. The van der Waals surface area contributed by atoms with Crippen LogP contribution in [0.4, 0.5) is 0 Å². The van der Waals surface area contributed by atoms with Crippen molar-refractivity contribution in [2.24, 2.45) is 5.92 Å². The van der Waals surface area contributed by atoms with E-state index in [4.69, 9.17) is 0 Å². The Morgan fingerprint density at radius 3 is 2.30 bits per heavy atom. The Morgan fingerprint density at radius 1 is 1.04 bits per heavy atom. The molecule has 3 atom stereocenters. The number of nitrogens with one attached hydrogen (secondary N) is 1. The maximum atomic E-state index is 12.5. The van der Waals surface area contributed by atoms with Gasteiger partial charge in [0.05, 0.1) is 12.0 Å². The summed E-state index contributed by atoms with van der Waals surface area (Å²) in [5, 5.41) is 11.8. The highest BCUT2D eigenvalue weighted by atomic mass is 16.2. The van der Waals surface area contributed by atoms with E-state index in [0.29, 0.717) is 0 Å². The topological polar surface area (TPSA) is 73.8 Å². The minimum Gasteiger partial charge on any atom is -0.289 e. The molecule has 1 aliphatic rings. The number of nitrogens with zero attached hydrogens (tertiary/aromatic N) is 2. The average molecular weight is 306 g/mol. The molecule has 2 aromatic rings. The fourth-order valence-electron chi connectivity index (χ4n) is 3.00. The van der Waals surface area contributed by atoms with Crippen LogP contribution in [-0.2, 0) is 9.59 Å². The van der Waals surface area contributed by atoms with Crippen molar-refractivity contribution >= 4 is 11.8 Å². The van der Waals surface area contributed by atoms with Gasteiger partial charge < -0.3 is 0 Å². The monoisotopic (exact) mass is 306 g/mol. The number of amides is 2. The van der Waals surface area contributed by atoms with E-state index in [1.54, 1.807) is 17.0 Å². The number of imide groups is 1. The molecule has 5 heteroatoms. The second-order valence-electron chi connectivity index (χ2n) is 5.66. The number of rotatable bonds is 2. The summed E-state index contributed by atoms with van der Waals surface area (Å²) in [4.78, 5) is 24.6. The molecule has 0 unspecified atom stereocenters. The van der Waals surface area contributed by atoms with E-state index in [0.717, 1.165) is 11.1 Å². The number of benzene rings is 1. The van der Waals surface area contributed by atoms with Gasteiger partial charge in [0.15, 0.2) is 12.4 Å². The lowest BCUT2D eigenvalue weighted by Gasteiger charge is -2.30. The van der Waals surface area contributed by atoms with Crippen LogP contribution in [0.2, 0.25) is 0 Å². The van der Waals surface area contributed by atoms with Gasteiger partial charge in [-0.1, -0.05) is 35.9 Å². The van der Waals surface area contributed by atoms with Crippen molar-refractivity contribution in [3.63, 3.8) is 0 Å². The minimum atomic E-state index is -0.909. The molecule has 3 rings (SSSR count). The summed E-state index contributed by atoms with van der Waals surface area (Å²) in [5.74, 6) is -2.35. The average Bonchev–Trinajstić information content (AvgIpc) is 2.56. The molecule has 1 fully saturated rings. The van der Waals surface area contributed by atoms with E-state index in [2.05, 4.69) is 11.4 Å². The Bertz CT molecular complexity index is 778. The lowest BCUT2D eigenvalue weighted by Crippen LogP contribution is -2.59. The van der Waals surface area contributed by atoms with Gasteiger partial charge in [0.1, 0.15) is 5.92 Å². The highest BCUT2D eigenvalue weighted by Gasteiger charge is 2.50. The summed E-state index contributed by atoms with van der Waals surface area (Å²) in [7, 11) is 0. The maximum Gasteiger partial charge on any atom is 0.296 e. The summed E-state index contributed by atoms with van der Waals surface area (Å²) in [5.41, 5.74) is 1.89. The number of hydrogen-bond donors (Lipinski definition) is 1. The van der Waals surface area contributed by atoms with E-state index in [9.17, 15) is 14.9 Å². The van der Waals surface area contributed by atoms with Crippen LogP contribution in [0.25, 0.3) is 0 Å². The van der Waals surface area contributed by atoms with Crippen molar-refractivity contribution < 1.29 is 14.2 Å². The number of nitriles is 1. The normalized spacial score (nSPS) is 23.9. The Kier molecular flexibility index (Phi) is 3.90.